The fourth-order valence-electron chi connectivity index (χ4n) is 1.65. The Bertz CT molecular complexity index is 449. The summed E-state index contributed by atoms with van der Waals surface area (Å²) in [7, 11) is 0. The van der Waals surface area contributed by atoms with Gasteiger partial charge in [-0.2, -0.15) is 0 Å². The van der Waals surface area contributed by atoms with Crippen LogP contribution in [-0.2, 0) is 11.2 Å². The summed E-state index contributed by atoms with van der Waals surface area (Å²) in [6, 6.07) is 2.47. The number of phenols is 2. The maximum atomic E-state index is 10.8. The molecular formula is C13H14O4. The Morgan fingerprint density at radius 2 is 2.00 bits per heavy atom. The van der Waals surface area contributed by atoms with Gasteiger partial charge in [0.15, 0.2) is 6.29 Å². The monoisotopic (exact) mass is 234 g/mol. The van der Waals surface area contributed by atoms with Crippen molar-refractivity contribution in [3.05, 3.63) is 35.4 Å². The number of aldehydes is 2. The second-order valence-electron chi connectivity index (χ2n) is 3.69. The maximum Gasteiger partial charge on any atom is 0.154 e. The third kappa shape index (κ3) is 3.17. The van der Waals surface area contributed by atoms with Crippen molar-refractivity contribution < 1.29 is 19.8 Å². The van der Waals surface area contributed by atoms with Crippen LogP contribution in [-0.4, -0.2) is 22.8 Å². The molecule has 0 aliphatic heterocycles. The lowest BCUT2D eigenvalue weighted by Gasteiger charge is -2.10. The van der Waals surface area contributed by atoms with Crippen LogP contribution < -0.4 is 0 Å². The summed E-state index contributed by atoms with van der Waals surface area (Å²) in [4.78, 5) is 21.6. The molecule has 0 radical (unpaired) electrons. The Balaban J connectivity index is 3.12. The number of carbonyl (C=O) groups is 2. The highest BCUT2D eigenvalue weighted by Crippen LogP contribution is 2.27. The molecule has 0 bridgehead atoms. The number of aromatic hydroxyl groups is 2. The van der Waals surface area contributed by atoms with Gasteiger partial charge in [0.05, 0.1) is 5.56 Å². The third-order valence-corrected chi connectivity index (χ3v) is 2.42. The minimum absolute atomic E-state index is 0.110. The summed E-state index contributed by atoms with van der Waals surface area (Å²) in [6.45, 7) is 1.79. The SMILES string of the molecule is CC=CC(C=O)Cc1cc(O)cc(O)c1C=O. The van der Waals surface area contributed by atoms with E-state index in [0.717, 1.165) is 12.4 Å². The predicted molar refractivity (Wildman–Crippen MR) is 63.2 cm³/mol. The zero-order valence-electron chi connectivity index (χ0n) is 9.46. The molecule has 4 heteroatoms. The van der Waals surface area contributed by atoms with Crippen molar-refractivity contribution in [1.82, 2.24) is 0 Å². The molecule has 1 rings (SSSR count). The molecule has 90 valence electrons. The van der Waals surface area contributed by atoms with Crippen LogP contribution in [0.4, 0.5) is 0 Å². The number of hydrogen-bond donors (Lipinski definition) is 2. The summed E-state index contributed by atoms with van der Waals surface area (Å²) in [5.74, 6) is -0.784. The van der Waals surface area contributed by atoms with Crippen LogP contribution in [0, 0.1) is 5.92 Å². The summed E-state index contributed by atoms with van der Waals surface area (Å²) in [5, 5.41) is 18.8. The van der Waals surface area contributed by atoms with Gasteiger partial charge in [-0.25, -0.2) is 0 Å². The zero-order valence-corrected chi connectivity index (χ0v) is 9.46. The highest BCUT2D eigenvalue weighted by molar-refractivity contribution is 5.82. The molecule has 0 heterocycles. The number of allylic oxidation sites excluding steroid dienone is 2. The average Bonchev–Trinajstić information content (AvgIpc) is 2.28. The minimum Gasteiger partial charge on any atom is -0.508 e. The molecule has 0 aliphatic rings. The van der Waals surface area contributed by atoms with E-state index in [4.69, 9.17) is 0 Å². The molecule has 0 fully saturated rings. The average molecular weight is 234 g/mol. The number of benzene rings is 1. The highest BCUT2D eigenvalue weighted by atomic mass is 16.3. The Morgan fingerprint density at radius 1 is 1.29 bits per heavy atom. The molecule has 0 aliphatic carbocycles. The van der Waals surface area contributed by atoms with E-state index >= 15 is 0 Å². The molecule has 0 amide bonds. The first-order valence-electron chi connectivity index (χ1n) is 5.20. The topological polar surface area (TPSA) is 74.6 Å². The second-order valence-corrected chi connectivity index (χ2v) is 3.69. The lowest BCUT2D eigenvalue weighted by Crippen LogP contribution is -2.05. The first-order valence-corrected chi connectivity index (χ1v) is 5.20. The fourth-order valence-corrected chi connectivity index (χ4v) is 1.65. The Kier molecular flexibility index (Phi) is 4.46. The van der Waals surface area contributed by atoms with Crippen molar-refractivity contribution in [3.63, 3.8) is 0 Å². The Labute approximate surface area is 99.2 Å². The van der Waals surface area contributed by atoms with Gasteiger partial charge in [-0.1, -0.05) is 12.2 Å². The molecule has 0 aromatic heterocycles. The summed E-state index contributed by atoms with van der Waals surface area (Å²) < 4.78 is 0. The lowest BCUT2D eigenvalue weighted by molar-refractivity contribution is -0.109. The van der Waals surface area contributed by atoms with Gasteiger partial charge in [0, 0.05) is 12.0 Å². The molecule has 1 aromatic rings. The third-order valence-electron chi connectivity index (χ3n) is 2.42. The molecule has 4 nitrogen and oxygen atoms in total. The minimum atomic E-state index is -0.375. The molecule has 1 atom stereocenters. The van der Waals surface area contributed by atoms with Crippen molar-refractivity contribution in [2.24, 2.45) is 5.92 Å². The van der Waals surface area contributed by atoms with Crippen molar-refractivity contribution in [1.29, 1.82) is 0 Å². The smallest absolute Gasteiger partial charge is 0.154 e. The van der Waals surface area contributed by atoms with Crippen LogP contribution in [0.1, 0.15) is 22.8 Å². The quantitative estimate of drug-likeness (QED) is 0.602. The highest BCUT2D eigenvalue weighted by Gasteiger charge is 2.13. The van der Waals surface area contributed by atoms with Crippen LogP contribution in [0.25, 0.3) is 0 Å². The first-order chi connectivity index (χ1) is 8.12. The van der Waals surface area contributed by atoms with E-state index in [1.54, 1.807) is 19.1 Å². The van der Waals surface area contributed by atoms with Crippen molar-refractivity contribution in [3.8, 4) is 11.5 Å². The van der Waals surface area contributed by atoms with E-state index in [1.165, 1.54) is 6.07 Å². The number of phenolic OH excluding ortho intramolecular Hbond substituents is 2. The number of hydrogen-bond acceptors (Lipinski definition) is 4. The van der Waals surface area contributed by atoms with Crippen LogP contribution in [0.15, 0.2) is 24.3 Å². The van der Waals surface area contributed by atoms with Crippen LogP contribution in [0.2, 0.25) is 0 Å². The second kappa shape index (κ2) is 5.84. The molecule has 2 N–H and O–H groups in total. The van der Waals surface area contributed by atoms with E-state index in [1.807, 2.05) is 0 Å². The van der Waals surface area contributed by atoms with E-state index in [2.05, 4.69) is 0 Å². The van der Waals surface area contributed by atoms with Gasteiger partial charge in [0.2, 0.25) is 0 Å². The normalized spacial score (nSPS) is 12.5. The van der Waals surface area contributed by atoms with Gasteiger partial charge in [-0.3, -0.25) is 4.79 Å². The summed E-state index contributed by atoms with van der Waals surface area (Å²) in [6.07, 6.45) is 4.98. The van der Waals surface area contributed by atoms with Gasteiger partial charge >= 0.3 is 0 Å². The van der Waals surface area contributed by atoms with Crippen LogP contribution in [0.5, 0.6) is 11.5 Å². The van der Waals surface area contributed by atoms with Gasteiger partial charge in [0.25, 0.3) is 0 Å². The first kappa shape index (κ1) is 13.0. The van der Waals surface area contributed by atoms with E-state index in [-0.39, 0.29) is 29.4 Å². The van der Waals surface area contributed by atoms with Crippen molar-refractivity contribution in [2.45, 2.75) is 13.3 Å². The van der Waals surface area contributed by atoms with Gasteiger partial charge in [-0.15, -0.1) is 0 Å². The molecule has 0 saturated heterocycles. The molecule has 17 heavy (non-hydrogen) atoms. The van der Waals surface area contributed by atoms with Crippen molar-refractivity contribution >= 4 is 12.6 Å². The predicted octanol–water partition coefficient (Wildman–Crippen LogP) is 1.84. The van der Waals surface area contributed by atoms with E-state index in [0.29, 0.717) is 11.8 Å². The number of carbonyl (C=O) groups excluding carboxylic acids is 2. The van der Waals surface area contributed by atoms with Gasteiger partial charge in [-0.05, 0) is 25.0 Å². The van der Waals surface area contributed by atoms with Crippen LogP contribution >= 0.6 is 0 Å². The summed E-state index contributed by atoms with van der Waals surface area (Å²) >= 11 is 0. The molecule has 1 aromatic carbocycles. The van der Waals surface area contributed by atoms with E-state index < -0.39 is 0 Å². The fraction of sp³-hybridized carbons (Fsp3) is 0.231. The molecule has 1 unspecified atom stereocenters. The van der Waals surface area contributed by atoms with Crippen molar-refractivity contribution in [2.75, 3.05) is 0 Å². The maximum absolute atomic E-state index is 10.8. The molecule has 0 saturated carbocycles. The Morgan fingerprint density at radius 3 is 2.53 bits per heavy atom. The zero-order chi connectivity index (χ0) is 12.8. The van der Waals surface area contributed by atoms with Crippen LogP contribution in [0.3, 0.4) is 0 Å². The van der Waals surface area contributed by atoms with Gasteiger partial charge < -0.3 is 15.0 Å². The Hall–Kier alpha value is -2.10. The van der Waals surface area contributed by atoms with Gasteiger partial charge in [0.1, 0.15) is 17.8 Å². The largest absolute Gasteiger partial charge is 0.508 e. The van der Waals surface area contributed by atoms with E-state index in [9.17, 15) is 19.8 Å². The molecular weight excluding hydrogens is 220 g/mol. The standard InChI is InChI=1S/C13H14O4/c1-2-3-9(7-14)4-10-5-11(16)6-13(17)12(10)8-15/h2-3,5-9,16-17H,4H2,1H3. The summed E-state index contributed by atoms with van der Waals surface area (Å²) in [5.41, 5.74) is 0.562. The molecule has 0 spiro atoms. The lowest BCUT2D eigenvalue weighted by atomic mass is 9.95. The number of rotatable bonds is 5.